The van der Waals surface area contributed by atoms with E-state index in [1.54, 1.807) is 48.9 Å². The van der Waals surface area contributed by atoms with Crippen molar-refractivity contribution in [2.24, 2.45) is 5.41 Å². The second-order valence-corrected chi connectivity index (χ2v) is 49.6. The molecule has 0 aliphatic heterocycles. The molecule has 0 radical (unpaired) electrons. The largest absolute Gasteiger partial charge is 0.254 e. The summed E-state index contributed by atoms with van der Waals surface area (Å²) in [6.45, 7) is 7.99. The Morgan fingerprint density at radius 1 is 0.235 bits per heavy atom. The van der Waals surface area contributed by atoms with Gasteiger partial charge in [-0.3, -0.25) is 0 Å². The Balaban J connectivity index is 0.000000118. The highest BCUT2D eigenvalue weighted by molar-refractivity contribution is 7.13. The maximum Gasteiger partial charge on any atom is 0.254 e. The van der Waals surface area contributed by atoms with Crippen molar-refractivity contribution >= 4 is 31.7 Å². The molecule has 12 fully saturated rings. The number of halogens is 4. The zero-order valence-corrected chi connectivity index (χ0v) is 69.4. The lowest BCUT2D eigenvalue weighted by molar-refractivity contribution is -0.160. The fourth-order valence-corrected chi connectivity index (χ4v) is 39.0. The molecule has 0 amide bonds. The molecule has 0 unspecified atom stereocenters. The van der Waals surface area contributed by atoms with Gasteiger partial charge in [0.1, 0.15) is 0 Å². The minimum atomic E-state index is -3.40. The third kappa shape index (κ3) is 12.7. The molecular formula is C109H110F4Si2. The highest BCUT2D eigenvalue weighted by Crippen LogP contribution is 2.82. The van der Waals surface area contributed by atoms with Gasteiger partial charge in [0, 0.05) is 6.42 Å². The van der Waals surface area contributed by atoms with Crippen molar-refractivity contribution in [2.75, 3.05) is 0 Å². The van der Waals surface area contributed by atoms with E-state index in [1.807, 2.05) is 54.6 Å². The maximum atomic E-state index is 15.3. The van der Waals surface area contributed by atoms with Crippen LogP contribution in [0.4, 0.5) is 17.6 Å². The van der Waals surface area contributed by atoms with Crippen molar-refractivity contribution < 1.29 is 17.6 Å². The monoisotopic (exact) mass is 1550 g/mol. The van der Waals surface area contributed by atoms with Gasteiger partial charge >= 0.3 is 0 Å². The molecule has 6 heteroatoms. The summed E-state index contributed by atoms with van der Waals surface area (Å²) in [6, 6.07) is 137. The zero-order chi connectivity index (χ0) is 78.6. The lowest BCUT2D eigenvalue weighted by Crippen LogP contribution is -2.80. The van der Waals surface area contributed by atoms with Crippen molar-refractivity contribution in [2.45, 2.75) is 219 Å². The highest BCUT2D eigenvalue weighted by atomic mass is 28.3. The molecule has 0 heterocycles. The van der Waals surface area contributed by atoms with Gasteiger partial charge in [-0.25, -0.2) is 17.6 Å². The predicted octanol–water partition coefficient (Wildman–Crippen LogP) is 26.2. The fraction of sp³-hybridized carbons (Fsp3) is 0.339. The molecule has 582 valence electrons. The van der Waals surface area contributed by atoms with E-state index >= 15 is 8.78 Å². The average molecular weight is 1550 g/mol. The van der Waals surface area contributed by atoms with Crippen LogP contribution in [0.15, 0.2) is 364 Å². The summed E-state index contributed by atoms with van der Waals surface area (Å²) in [4.78, 5) is 0. The first kappa shape index (κ1) is 75.8. The molecule has 12 aliphatic rings. The number of hydrogen-bond donors (Lipinski definition) is 0. The van der Waals surface area contributed by atoms with E-state index < -0.39 is 46.8 Å². The van der Waals surface area contributed by atoms with Crippen molar-refractivity contribution in [3.8, 4) is 0 Å². The van der Waals surface area contributed by atoms with E-state index in [0.29, 0.717) is 24.3 Å². The molecule has 12 saturated carbocycles. The van der Waals surface area contributed by atoms with Crippen LogP contribution in [0, 0.1) is 5.41 Å². The molecule has 0 N–H and O–H groups in total. The van der Waals surface area contributed by atoms with Gasteiger partial charge in [0.05, 0.1) is 14.5 Å². The van der Waals surface area contributed by atoms with Gasteiger partial charge in [-0.1, -0.05) is 384 Å². The minimum Gasteiger partial charge on any atom is -0.210 e. The van der Waals surface area contributed by atoms with Crippen molar-refractivity contribution in [1.82, 2.24) is 0 Å². The molecule has 0 saturated heterocycles. The van der Waals surface area contributed by atoms with E-state index in [-0.39, 0.29) is 53.8 Å². The number of hydrogen-bond acceptors (Lipinski definition) is 0. The van der Waals surface area contributed by atoms with Crippen molar-refractivity contribution in [1.29, 1.82) is 0 Å². The van der Waals surface area contributed by atoms with Crippen LogP contribution in [-0.2, 0) is 48.7 Å². The Morgan fingerprint density at radius 2 is 0.400 bits per heavy atom. The van der Waals surface area contributed by atoms with Gasteiger partial charge < -0.3 is 0 Å². The van der Waals surface area contributed by atoms with Gasteiger partial charge in [-0.15, -0.1) is 0 Å². The lowest BCUT2D eigenvalue weighted by Gasteiger charge is -2.74. The molecule has 115 heavy (non-hydrogen) atoms. The highest BCUT2D eigenvalue weighted by Gasteiger charge is 2.76. The van der Waals surface area contributed by atoms with Gasteiger partial charge in [0.2, 0.25) is 6.43 Å². The predicted molar refractivity (Wildman–Crippen MR) is 472 cm³/mol. The molecular weight excluding hydrogens is 1440 g/mol. The summed E-state index contributed by atoms with van der Waals surface area (Å²) in [5, 5.41) is 5.19. The maximum absolute atomic E-state index is 15.3. The van der Waals surface area contributed by atoms with Crippen LogP contribution in [0.1, 0.15) is 178 Å². The molecule has 0 aromatic heterocycles. The average Bonchev–Trinajstić information content (AvgIpc) is 0.658. The zero-order valence-electron chi connectivity index (χ0n) is 67.4. The van der Waals surface area contributed by atoms with Crippen LogP contribution in [-0.4, -0.2) is 28.5 Å². The van der Waals surface area contributed by atoms with E-state index in [4.69, 9.17) is 0 Å². The molecule has 12 aliphatic carbocycles. The summed E-state index contributed by atoms with van der Waals surface area (Å²) in [6.07, 6.45) is 15.2. The van der Waals surface area contributed by atoms with Crippen LogP contribution in [0.5, 0.6) is 0 Å². The SMILES string of the molecule is C[Si](C)(C)C12CC3(c4ccccc4)CC(c4ccccc4)(CC(c4ccccc4)(C3)C1)C2.FC(F)CC(F)(F)CC12CC3(c4ccccc4)CC(c4ccccc4)(C1)CC(c1ccccc1)(C2)C3.c1ccc(C23CC4(c5ccccc5)CC(c5ccccc5)(C2)CC([Si](c2ccccc2)(c2ccccc2)c2ccccc2)(C3)C4)cc1. The van der Waals surface area contributed by atoms with Crippen LogP contribution in [0.25, 0.3) is 0 Å². The minimum absolute atomic E-state index is 0.0628. The van der Waals surface area contributed by atoms with Gasteiger partial charge in [-0.2, -0.15) is 0 Å². The molecule has 0 spiro atoms. The first-order chi connectivity index (χ1) is 55.6. The van der Waals surface area contributed by atoms with Crippen LogP contribution < -0.4 is 15.6 Å². The topological polar surface area (TPSA) is 0 Å². The van der Waals surface area contributed by atoms with E-state index in [2.05, 4.69) is 329 Å². The number of alkyl halides is 4. The van der Waals surface area contributed by atoms with E-state index in [1.165, 1.54) is 93.7 Å². The Morgan fingerprint density at radius 3 is 0.574 bits per heavy atom. The van der Waals surface area contributed by atoms with Crippen LogP contribution >= 0.6 is 0 Å². The number of benzene rings is 12. The Labute approximate surface area is 683 Å². The Bertz CT molecular complexity index is 4810. The normalized spacial score (nSPS) is 31.7. The molecule has 12 aromatic carbocycles. The summed E-state index contributed by atoms with van der Waals surface area (Å²) in [5.74, 6) is -3.40. The third-order valence-electron chi connectivity index (χ3n) is 31.9. The molecule has 24 rings (SSSR count). The quantitative estimate of drug-likeness (QED) is 0.0456. The summed E-state index contributed by atoms with van der Waals surface area (Å²) < 4.78 is 57.0. The van der Waals surface area contributed by atoms with Gasteiger partial charge in [-0.05, 0) is 245 Å². The van der Waals surface area contributed by atoms with Crippen LogP contribution in [0.2, 0.25) is 29.7 Å². The van der Waals surface area contributed by atoms with Crippen LogP contribution in [0.3, 0.4) is 0 Å². The second kappa shape index (κ2) is 28.3. The molecule has 0 atom stereocenters. The second-order valence-electron chi connectivity index (χ2n) is 39.8. The van der Waals surface area contributed by atoms with E-state index in [0.717, 1.165) is 19.3 Å². The van der Waals surface area contributed by atoms with Crippen molar-refractivity contribution in [3.05, 3.63) is 414 Å². The van der Waals surface area contributed by atoms with Crippen molar-refractivity contribution in [3.63, 3.8) is 0 Å². The van der Waals surface area contributed by atoms with Gasteiger partial charge in [0.25, 0.3) is 5.92 Å². The summed E-state index contributed by atoms with van der Waals surface area (Å²) in [5.41, 5.74) is 12.5. The molecule has 12 aromatic rings. The molecule has 0 nitrogen and oxygen atoms in total. The van der Waals surface area contributed by atoms with E-state index in [9.17, 15) is 8.78 Å². The molecule has 12 bridgehead atoms. The summed E-state index contributed by atoms with van der Waals surface area (Å²) >= 11 is 0. The smallest absolute Gasteiger partial charge is 0.210 e. The standard InChI is InChI=1S/C46H42Si.C32H32F4.C31H36Si/c1-7-19-37(20-8-1)43-31-44(38-21-9-2-10-22-38)33-45(32-43,39-23-11-3-12-24-39)36-46(34-43,35-44)47(40-25-13-4-14-26-40,41-27-15-5-16-28-41)42-29-17-6-18-30-42;33-27(34)16-32(35,36)20-28-17-29(24-10-4-1-5-11-24)21-30(18-28,25-12-6-2-7-13-25)23-31(19-28,22-29)26-14-8-3-9-15-26;1-32(2,3)31-22-28(25-13-7-4-8-14-25)19-29(23-31,26-15-9-5-10-16-26)21-30(20-28,24-31)27-17-11-6-12-18-27/h1-30H,31-36H2;1-15,27H,16-23H2;4-18H,19-24H2,1-3H3. The first-order valence-electron chi connectivity index (χ1n) is 42.9. The number of rotatable bonds is 18. The Hall–Kier alpha value is -9.21. The fourth-order valence-electron chi connectivity index (χ4n) is 29.7. The Kier molecular flexibility index (Phi) is 18.6. The first-order valence-corrected chi connectivity index (χ1v) is 48.4. The lowest BCUT2D eigenvalue weighted by atomic mass is 9.32. The summed E-state index contributed by atoms with van der Waals surface area (Å²) in [7, 11) is -4.16. The van der Waals surface area contributed by atoms with Gasteiger partial charge in [0.15, 0.2) is 8.07 Å². The third-order valence-corrected chi connectivity index (χ3v) is 41.3.